The number of hydrogen-bond donors (Lipinski definition) is 1. The van der Waals surface area contributed by atoms with Gasteiger partial charge in [0.15, 0.2) is 0 Å². The molecule has 0 aliphatic carbocycles. The van der Waals surface area contributed by atoms with Crippen molar-refractivity contribution in [2.24, 2.45) is 13.0 Å². The van der Waals surface area contributed by atoms with E-state index in [0.717, 1.165) is 18.9 Å². The van der Waals surface area contributed by atoms with E-state index in [9.17, 15) is 0 Å². The first-order chi connectivity index (χ1) is 8.65. The first-order valence-corrected chi connectivity index (χ1v) is 7.05. The Labute approximate surface area is 110 Å². The zero-order chi connectivity index (χ0) is 13.0. The van der Waals surface area contributed by atoms with E-state index in [1.165, 1.54) is 31.6 Å². The standard InChI is InChI=1S/C14H26N4/c1-12(13-5-4-9-17(2)11-13)15-8-6-14-7-10-18(3)16-14/h7,10,12-13,15H,4-6,8-9,11H2,1-3H3. The molecule has 0 radical (unpaired) electrons. The van der Waals surface area contributed by atoms with Crippen LogP contribution in [0.2, 0.25) is 0 Å². The van der Waals surface area contributed by atoms with Gasteiger partial charge in [-0.25, -0.2) is 0 Å². The molecule has 1 aromatic rings. The normalized spacial score (nSPS) is 23.2. The Morgan fingerprint density at radius 1 is 1.50 bits per heavy atom. The van der Waals surface area contributed by atoms with E-state index < -0.39 is 0 Å². The number of likely N-dealkylation sites (tertiary alicyclic amines) is 1. The molecule has 0 bridgehead atoms. The number of nitrogens with one attached hydrogen (secondary N) is 1. The van der Waals surface area contributed by atoms with Crippen molar-refractivity contribution in [2.45, 2.75) is 32.2 Å². The van der Waals surface area contributed by atoms with Gasteiger partial charge in [0.1, 0.15) is 0 Å². The molecular weight excluding hydrogens is 224 g/mol. The Balaban J connectivity index is 1.69. The molecule has 4 nitrogen and oxygen atoms in total. The van der Waals surface area contributed by atoms with E-state index in [4.69, 9.17) is 0 Å². The van der Waals surface area contributed by atoms with Crippen molar-refractivity contribution in [2.75, 3.05) is 26.7 Å². The summed E-state index contributed by atoms with van der Waals surface area (Å²) < 4.78 is 1.87. The third kappa shape index (κ3) is 3.82. The van der Waals surface area contributed by atoms with Crippen LogP contribution in [0.5, 0.6) is 0 Å². The molecule has 1 aliphatic rings. The maximum Gasteiger partial charge on any atom is 0.0637 e. The molecule has 0 spiro atoms. The smallest absolute Gasteiger partial charge is 0.0637 e. The Morgan fingerprint density at radius 3 is 3.00 bits per heavy atom. The van der Waals surface area contributed by atoms with Crippen molar-refractivity contribution in [3.63, 3.8) is 0 Å². The van der Waals surface area contributed by atoms with Crippen LogP contribution >= 0.6 is 0 Å². The summed E-state index contributed by atoms with van der Waals surface area (Å²) in [5, 5.41) is 8.06. The molecule has 0 saturated carbocycles. The Morgan fingerprint density at radius 2 is 2.33 bits per heavy atom. The van der Waals surface area contributed by atoms with Crippen LogP contribution in [0.1, 0.15) is 25.5 Å². The molecule has 18 heavy (non-hydrogen) atoms. The third-order valence-corrected chi connectivity index (χ3v) is 3.98. The average molecular weight is 250 g/mol. The molecule has 1 fully saturated rings. The molecule has 1 saturated heterocycles. The van der Waals surface area contributed by atoms with Crippen LogP contribution in [-0.4, -0.2) is 47.4 Å². The van der Waals surface area contributed by atoms with E-state index >= 15 is 0 Å². The summed E-state index contributed by atoms with van der Waals surface area (Å²) in [6.45, 7) is 5.84. The van der Waals surface area contributed by atoms with Gasteiger partial charge in [0.25, 0.3) is 0 Å². The number of aromatic nitrogens is 2. The molecule has 2 unspecified atom stereocenters. The van der Waals surface area contributed by atoms with Crippen LogP contribution in [0.4, 0.5) is 0 Å². The van der Waals surface area contributed by atoms with Gasteiger partial charge < -0.3 is 10.2 Å². The van der Waals surface area contributed by atoms with Crippen molar-refractivity contribution in [3.8, 4) is 0 Å². The summed E-state index contributed by atoms with van der Waals surface area (Å²) in [4.78, 5) is 2.45. The largest absolute Gasteiger partial charge is 0.314 e. The van der Waals surface area contributed by atoms with Crippen LogP contribution in [0.25, 0.3) is 0 Å². The van der Waals surface area contributed by atoms with E-state index in [-0.39, 0.29) is 0 Å². The lowest BCUT2D eigenvalue weighted by molar-refractivity contribution is 0.179. The van der Waals surface area contributed by atoms with E-state index in [2.05, 4.69) is 35.4 Å². The molecule has 2 heterocycles. The molecule has 2 atom stereocenters. The second-order valence-corrected chi connectivity index (χ2v) is 5.64. The number of rotatable bonds is 5. The molecule has 102 valence electrons. The quantitative estimate of drug-likeness (QED) is 0.854. The van der Waals surface area contributed by atoms with Gasteiger partial charge in [0, 0.05) is 38.8 Å². The van der Waals surface area contributed by atoms with Crippen LogP contribution in [0.3, 0.4) is 0 Å². The second kappa shape index (κ2) is 6.34. The second-order valence-electron chi connectivity index (χ2n) is 5.64. The summed E-state index contributed by atoms with van der Waals surface area (Å²) >= 11 is 0. The minimum atomic E-state index is 0.608. The van der Waals surface area contributed by atoms with Crippen LogP contribution < -0.4 is 5.32 Å². The first kappa shape index (κ1) is 13.6. The predicted octanol–water partition coefficient (Wildman–Crippen LogP) is 1.28. The minimum absolute atomic E-state index is 0.608. The van der Waals surface area contributed by atoms with Gasteiger partial charge in [-0.05, 0) is 45.3 Å². The van der Waals surface area contributed by atoms with Crippen LogP contribution in [0.15, 0.2) is 12.3 Å². The van der Waals surface area contributed by atoms with Crippen molar-refractivity contribution < 1.29 is 0 Å². The lowest BCUT2D eigenvalue weighted by Crippen LogP contribution is -2.43. The van der Waals surface area contributed by atoms with Gasteiger partial charge in [-0.1, -0.05) is 0 Å². The van der Waals surface area contributed by atoms with E-state index in [1.54, 1.807) is 0 Å². The van der Waals surface area contributed by atoms with E-state index in [1.807, 2.05) is 17.9 Å². The fourth-order valence-corrected chi connectivity index (χ4v) is 2.81. The van der Waals surface area contributed by atoms with Crippen molar-refractivity contribution >= 4 is 0 Å². The number of nitrogens with zero attached hydrogens (tertiary/aromatic N) is 3. The van der Waals surface area contributed by atoms with Gasteiger partial charge in [-0.2, -0.15) is 5.10 Å². The highest BCUT2D eigenvalue weighted by Crippen LogP contribution is 2.18. The van der Waals surface area contributed by atoms with Gasteiger partial charge in [-0.15, -0.1) is 0 Å². The average Bonchev–Trinajstić information content (AvgIpc) is 2.75. The summed E-state index contributed by atoms with van der Waals surface area (Å²) in [5.41, 5.74) is 1.18. The van der Waals surface area contributed by atoms with Gasteiger partial charge in [0.2, 0.25) is 0 Å². The lowest BCUT2D eigenvalue weighted by atomic mass is 9.92. The SMILES string of the molecule is CC(NCCc1ccn(C)n1)C1CCCN(C)C1. The zero-order valence-corrected chi connectivity index (χ0v) is 11.9. The molecule has 1 aromatic heterocycles. The predicted molar refractivity (Wildman–Crippen MR) is 74.6 cm³/mol. The first-order valence-electron chi connectivity index (χ1n) is 7.05. The van der Waals surface area contributed by atoms with E-state index in [0.29, 0.717) is 6.04 Å². The number of piperidine rings is 1. The molecular formula is C14H26N4. The highest BCUT2D eigenvalue weighted by molar-refractivity contribution is 4.99. The third-order valence-electron chi connectivity index (χ3n) is 3.98. The highest BCUT2D eigenvalue weighted by atomic mass is 15.2. The van der Waals surface area contributed by atoms with Crippen molar-refractivity contribution in [1.82, 2.24) is 20.0 Å². The van der Waals surface area contributed by atoms with Crippen LogP contribution in [-0.2, 0) is 13.5 Å². The minimum Gasteiger partial charge on any atom is -0.314 e. The fourth-order valence-electron chi connectivity index (χ4n) is 2.81. The Kier molecular flexibility index (Phi) is 4.78. The summed E-state index contributed by atoms with van der Waals surface area (Å²) in [6.07, 6.45) is 5.73. The maximum absolute atomic E-state index is 4.40. The van der Waals surface area contributed by atoms with Gasteiger partial charge >= 0.3 is 0 Å². The zero-order valence-electron chi connectivity index (χ0n) is 11.9. The summed E-state index contributed by atoms with van der Waals surface area (Å²) in [6, 6.07) is 2.71. The van der Waals surface area contributed by atoms with Gasteiger partial charge in [-0.3, -0.25) is 4.68 Å². The summed E-state index contributed by atoms with van der Waals surface area (Å²) in [5.74, 6) is 0.799. The molecule has 4 heteroatoms. The molecule has 1 aliphatic heterocycles. The molecule has 2 rings (SSSR count). The Bertz CT molecular complexity index is 360. The molecule has 0 aromatic carbocycles. The topological polar surface area (TPSA) is 33.1 Å². The molecule has 1 N–H and O–H groups in total. The number of aryl methyl sites for hydroxylation is 1. The summed E-state index contributed by atoms with van der Waals surface area (Å²) in [7, 11) is 4.20. The Hall–Kier alpha value is -0.870. The van der Waals surface area contributed by atoms with Crippen molar-refractivity contribution in [3.05, 3.63) is 18.0 Å². The lowest BCUT2D eigenvalue weighted by Gasteiger charge is -2.34. The highest BCUT2D eigenvalue weighted by Gasteiger charge is 2.22. The maximum atomic E-state index is 4.40. The monoisotopic (exact) mass is 250 g/mol. The fraction of sp³-hybridized carbons (Fsp3) is 0.786. The van der Waals surface area contributed by atoms with Gasteiger partial charge in [0.05, 0.1) is 5.69 Å². The number of hydrogen-bond acceptors (Lipinski definition) is 3. The van der Waals surface area contributed by atoms with Crippen molar-refractivity contribution in [1.29, 1.82) is 0 Å². The molecule has 0 amide bonds. The van der Waals surface area contributed by atoms with Crippen LogP contribution in [0, 0.1) is 5.92 Å².